The summed E-state index contributed by atoms with van der Waals surface area (Å²) in [5.74, 6) is -0.138. The molecule has 1 amide bonds. The average molecular weight is 245 g/mol. The minimum absolute atomic E-state index is 0.0663. The lowest BCUT2D eigenvalue weighted by Gasteiger charge is -2.29. The lowest BCUT2D eigenvalue weighted by Crippen LogP contribution is -2.42. The number of carbonyl (C=O) groups is 2. The number of hydrogen-bond acceptors (Lipinski definition) is 3. The van der Waals surface area contributed by atoms with Gasteiger partial charge in [-0.15, -0.1) is 0 Å². The highest BCUT2D eigenvalue weighted by molar-refractivity contribution is 6.06. The van der Waals surface area contributed by atoms with Crippen molar-refractivity contribution in [2.45, 2.75) is 12.3 Å². The van der Waals surface area contributed by atoms with Crippen molar-refractivity contribution in [1.29, 1.82) is 0 Å². The first-order chi connectivity index (χ1) is 8.77. The molecular weight excluding hydrogens is 230 g/mol. The molecule has 1 aromatic carbocycles. The molecule has 1 heterocycles. The number of Topliss-reactive ketones (excluding diaryl/α,β-unsaturated/α-hetero) is 1. The summed E-state index contributed by atoms with van der Waals surface area (Å²) in [4.78, 5) is 26.1. The number of nitrogens with zero attached hydrogens (tertiary/aromatic N) is 1. The van der Waals surface area contributed by atoms with Crippen LogP contribution >= 0.6 is 0 Å². The van der Waals surface area contributed by atoms with Crippen LogP contribution < -0.4 is 0 Å². The number of rotatable bonds is 1. The normalized spacial score (nSPS) is 23.0. The van der Waals surface area contributed by atoms with E-state index in [1.807, 2.05) is 29.2 Å². The van der Waals surface area contributed by atoms with Gasteiger partial charge in [0.25, 0.3) is 0 Å². The summed E-state index contributed by atoms with van der Waals surface area (Å²) in [5, 5.41) is 0. The van der Waals surface area contributed by atoms with Gasteiger partial charge in [0.05, 0.1) is 19.1 Å². The Morgan fingerprint density at radius 1 is 1.22 bits per heavy atom. The zero-order valence-electron chi connectivity index (χ0n) is 10.1. The first-order valence-corrected chi connectivity index (χ1v) is 6.26. The summed E-state index contributed by atoms with van der Waals surface area (Å²) in [6.07, 6.45) is 0.315. The highest BCUT2D eigenvalue weighted by Gasteiger charge is 2.36. The second-order valence-electron chi connectivity index (χ2n) is 4.70. The number of ketones is 1. The Labute approximate surface area is 106 Å². The first kappa shape index (κ1) is 11.4. The summed E-state index contributed by atoms with van der Waals surface area (Å²) in [6.45, 7) is 2.44. The van der Waals surface area contributed by atoms with Gasteiger partial charge >= 0.3 is 0 Å². The molecule has 0 N–H and O–H groups in total. The molecule has 1 fully saturated rings. The maximum absolute atomic E-state index is 12.4. The van der Waals surface area contributed by atoms with E-state index in [-0.39, 0.29) is 17.6 Å². The zero-order valence-corrected chi connectivity index (χ0v) is 10.1. The van der Waals surface area contributed by atoms with E-state index in [2.05, 4.69) is 0 Å². The highest BCUT2D eigenvalue weighted by Crippen LogP contribution is 2.34. The molecule has 1 atom stereocenters. The van der Waals surface area contributed by atoms with Crippen LogP contribution in [0.15, 0.2) is 24.3 Å². The van der Waals surface area contributed by atoms with Crippen molar-refractivity contribution in [3.63, 3.8) is 0 Å². The van der Waals surface area contributed by atoms with Gasteiger partial charge in [-0.3, -0.25) is 9.59 Å². The van der Waals surface area contributed by atoms with E-state index in [1.54, 1.807) is 0 Å². The molecule has 1 aliphatic heterocycles. The molecular formula is C14H15NO3. The predicted molar refractivity (Wildman–Crippen MR) is 65.5 cm³/mol. The quantitative estimate of drug-likeness (QED) is 0.747. The van der Waals surface area contributed by atoms with Gasteiger partial charge in [-0.25, -0.2) is 0 Å². The smallest absolute Gasteiger partial charge is 0.230 e. The molecule has 1 aromatic rings. The third-order valence-electron chi connectivity index (χ3n) is 3.65. The third kappa shape index (κ3) is 1.82. The van der Waals surface area contributed by atoms with E-state index in [0.717, 1.165) is 5.56 Å². The number of morpholine rings is 1. The first-order valence-electron chi connectivity index (χ1n) is 6.26. The van der Waals surface area contributed by atoms with Gasteiger partial charge in [-0.2, -0.15) is 0 Å². The molecule has 1 aliphatic carbocycles. The molecule has 4 nitrogen and oxygen atoms in total. The van der Waals surface area contributed by atoms with Crippen molar-refractivity contribution in [3.8, 4) is 0 Å². The maximum atomic E-state index is 12.4. The second kappa shape index (κ2) is 4.53. The molecule has 0 saturated carbocycles. The van der Waals surface area contributed by atoms with Gasteiger partial charge < -0.3 is 9.64 Å². The summed E-state index contributed by atoms with van der Waals surface area (Å²) >= 11 is 0. The lowest BCUT2D eigenvalue weighted by molar-refractivity contribution is -0.136. The van der Waals surface area contributed by atoms with Crippen LogP contribution in [0.5, 0.6) is 0 Å². The molecule has 4 heteroatoms. The van der Waals surface area contributed by atoms with Crippen molar-refractivity contribution < 1.29 is 14.3 Å². The van der Waals surface area contributed by atoms with Gasteiger partial charge in [0.1, 0.15) is 0 Å². The molecule has 1 unspecified atom stereocenters. The summed E-state index contributed by atoms with van der Waals surface area (Å²) < 4.78 is 5.24. The molecule has 0 spiro atoms. The molecule has 0 aromatic heterocycles. The molecule has 2 aliphatic rings. The maximum Gasteiger partial charge on any atom is 0.230 e. The van der Waals surface area contributed by atoms with Gasteiger partial charge in [-0.1, -0.05) is 24.3 Å². The van der Waals surface area contributed by atoms with Crippen molar-refractivity contribution >= 4 is 11.7 Å². The number of fused-ring (bicyclic) bond motifs is 1. The molecule has 18 heavy (non-hydrogen) atoms. The van der Waals surface area contributed by atoms with Crippen LogP contribution in [0.25, 0.3) is 0 Å². The van der Waals surface area contributed by atoms with Crippen LogP contribution in [0.1, 0.15) is 28.3 Å². The fourth-order valence-electron chi connectivity index (χ4n) is 2.68. The van der Waals surface area contributed by atoms with Crippen LogP contribution in [-0.2, 0) is 9.53 Å². The predicted octanol–water partition coefficient (Wildman–Crippen LogP) is 1.22. The second-order valence-corrected chi connectivity index (χ2v) is 4.70. The minimum atomic E-state index is -0.285. The minimum Gasteiger partial charge on any atom is -0.378 e. The Morgan fingerprint density at radius 3 is 2.72 bits per heavy atom. The van der Waals surface area contributed by atoms with E-state index < -0.39 is 0 Å². The van der Waals surface area contributed by atoms with Crippen LogP contribution in [0.2, 0.25) is 0 Å². The monoisotopic (exact) mass is 245 g/mol. The standard InChI is InChI=1S/C14H15NO3/c16-13-9-12(10-3-1-2-4-11(10)13)14(17)15-5-7-18-8-6-15/h1-4,12H,5-9H2. The Morgan fingerprint density at radius 2 is 1.94 bits per heavy atom. The highest BCUT2D eigenvalue weighted by atomic mass is 16.5. The summed E-state index contributed by atoms with van der Waals surface area (Å²) in [7, 11) is 0. The Bertz CT molecular complexity index is 492. The summed E-state index contributed by atoms with van der Waals surface area (Å²) in [5.41, 5.74) is 1.60. The van der Waals surface area contributed by atoms with Crippen molar-refractivity contribution in [1.82, 2.24) is 4.90 Å². The fourth-order valence-corrected chi connectivity index (χ4v) is 2.68. The Balaban J connectivity index is 1.85. The van der Waals surface area contributed by atoms with E-state index >= 15 is 0 Å². The molecule has 94 valence electrons. The SMILES string of the molecule is O=C1CC(C(=O)N2CCOCC2)c2ccccc21. The van der Waals surface area contributed by atoms with Gasteiger partial charge in [0.15, 0.2) is 5.78 Å². The molecule has 3 rings (SSSR count). The average Bonchev–Trinajstić information content (AvgIpc) is 2.77. The molecule has 1 saturated heterocycles. The van der Waals surface area contributed by atoms with Gasteiger partial charge in [-0.05, 0) is 5.56 Å². The van der Waals surface area contributed by atoms with Crippen molar-refractivity contribution in [2.24, 2.45) is 0 Å². The Kier molecular flexibility index (Phi) is 2.88. The van der Waals surface area contributed by atoms with E-state index in [9.17, 15) is 9.59 Å². The summed E-state index contributed by atoms with van der Waals surface area (Å²) in [6, 6.07) is 7.43. The number of amides is 1. The van der Waals surface area contributed by atoms with Gasteiger partial charge in [0, 0.05) is 25.1 Å². The number of ether oxygens (including phenoxy) is 1. The van der Waals surface area contributed by atoms with Crippen molar-refractivity contribution in [2.75, 3.05) is 26.3 Å². The lowest BCUT2D eigenvalue weighted by atomic mass is 10.00. The van der Waals surface area contributed by atoms with Crippen molar-refractivity contribution in [3.05, 3.63) is 35.4 Å². The molecule has 0 bridgehead atoms. The number of hydrogen-bond donors (Lipinski definition) is 0. The van der Waals surface area contributed by atoms with Crippen LogP contribution in [0.3, 0.4) is 0 Å². The third-order valence-corrected chi connectivity index (χ3v) is 3.65. The van der Waals surface area contributed by atoms with E-state index in [4.69, 9.17) is 4.74 Å². The van der Waals surface area contributed by atoms with E-state index in [0.29, 0.717) is 38.3 Å². The molecule has 0 radical (unpaired) electrons. The Hall–Kier alpha value is -1.68. The van der Waals surface area contributed by atoms with E-state index in [1.165, 1.54) is 0 Å². The fraction of sp³-hybridized carbons (Fsp3) is 0.429. The van der Waals surface area contributed by atoms with Gasteiger partial charge in [0.2, 0.25) is 5.91 Å². The number of benzene rings is 1. The largest absolute Gasteiger partial charge is 0.378 e. The topological polar surface area (TPSA) is 46.6 Å². The zero-order chi connectivity index (χ0) is 12.5. The van der Waals surface area contributed by atoms with Crippen LogP contribution in [0.4, 0.5) is 0 Å². The van der Waals surface area contributed by atoms with Crippen LogP contribution in [0, 0.1) is 0 Å². The van der Waals surface area contributed by atoms with Crippen LogP contribution in [-0.4, -0.2) is 42.9 Å². The number of carbonyl (C=O) groups excluding carboxylic acids is 2.